The zero-order chi connectivity index (χ0) is 24.7. The van der Waals surface area contributed by atoms with Crippen molar-refractivity contribution in [3.63, 3.8) is 0 Å². The minimum atomic E-state index is -0.0366. The van der Waals surface area contributed by atoms with Gasteiger partial charge in [0.2, 0.25) is 11.9 Å². The van der Waals surface area contributed by atoms with E-state index >= 15 is 0 Å². The molecule has 0 radical (unpaired) electrons. The van der Waals surface area contributed by atoms with E-state index in [0.29, 0.717) is 44.4 Å². The van der Waals surface area contributed by atoms with E-state index < -0.39 is 0 Å². The van der Waals surface area contributed by atoms with Crippen molar-refractivity contribution >= 4 is 23.6 Å². The molecule has 0 bridgehead atoms. The molecule has 1 saturated heterocycles. The summed E-state index contributed by atoms with van der Waals surface area (Å²) in [7, 11) is 0. The molecule has 1 unspecified atom stereocenters. The fourth-order valence-corrected chi connectivity index (χ4v) is 5.39. The fourth-order valence-electron chi connectivity index (χ4n) is 5.39. The number of carbonyl (C=O) groups is 2. The molecular weight excluding hydrogens is 440 g/mol. The smallest absolute Gasteiger partial charge is 0.273 e. The Morgan fingerprint density at radius 2 is 1.71 bits per heavy atom. The lowest BCUT2D eigenvalue weighted by molar-refractivity contribution is -0.129. The lowest BCUT2D eigenvalue weighted by atomic mass is 9.89. The summed E-state index contributed by atoms with van der Waals surface area (Å²) in [5.74, 6) is 1.35. The maximum atomic E-state index is 13.2. The van der Waals surface area contributed by atoms with Crippen LogP contribution >= 0.6 is 0 Å². The molecule has 0 spiro atoms. The first-order valence-corrected chi connectivity index (χ1v) is 12.9. The van der Waals surface area contributed by atoms with Crippen molar-refractivity contribution in [3.8, 4) is 0 Å². The van der Waals surface area contributed by atoms with Gasteiger partial charge in [0, 0.05) is 50.7 Å². The molecule has 2 amide bonds. The third-order valence-electron chi connectivity index (χ3n) is 7.64. The van der Waals surface area contributed by atoms with Crippen LogP contribution in [0, 0.1) is 0 Å². The van der Waals surface area contributed by atoms with Gasteiger partial charge in [-0.1, -0.05) is 18.2 Å². The van der Waals surface area contributed by atoms with E-state index in [1.54, 1.807) is 6.92 Å². The van der Waals surface area contributed by atoms with E-state index in [1.807, 2.05) is 23.6 Å². The van der Waals surface area contributed by atoms with E-state index in [9.17, 15) is 9.59 Å². The first kappa shape index (κ1) is 23.6. The summed E-state index contributed by atoms with van der Waals surface area (Å²) in [5.41, 5.74) is 5.54. The van der Waals surface area contributed by atoms with Gasteiger partial charge in [-0.15, -0.1) is 0 Å². The van der Waals surface area contributed by atoms with Crippen molar-refractivity contribution in [1.29, 1.82) is 0 Å². The number of carbonyl (C=O) groups excluding carboxylic acids is 2. The highest BCUT2D eigenvalue weighted by atomic mass is 16.2. The van der Waals surface area contributed by atoms with Crippen LogP contribution in [0.4, 0.5) is 11.8 Å². The number of rotatable bonds is 5. The van der Waals surface area contributed by atoms with Crippen molar-refractivity contribution in [2.75, 3.05) is 36.4 Å². The Labute approximate surface area is 207 Å². The van der Waals surface area contributed by atoms with E-state index in [2.05, 4.69) is 35.3 Å². The van der Waals surface area contributed by atoms with Crippen LogP contribution in [-0.2, 0) is 24.2 Å². The van der Waals surface area contributed by atoms with Gasteiger partial charge in [0.05, 0.1) is 6.54 Å². The van der Waals surface area contributed by atoms with Crippen LogP contribution < -0.4 is 10.2 Å². The lowest BCUT2D eigenvalue weighted by Crippen LogP contribution is -2.48. The van der Waals surface area contributed by atoms with E-state index in [1.165, 1.54) is 36.0 Å². The van der Waals surface area contributed by atoms with Crippen LogP contribution in [0.1, 0.15) is 79.3 Å². The topological polar surface area (TPSA) is 81.7 Å². The Bertz CT molecular complexity index is 1140. The van der Waals surface area contributed by atoms with E-state index in [0.717, 1.165) is 17.8 Å². The number of amides is 2. The summed E-state index contributed by atoms with van der Waals surface area (Å²) in [4.78, 5) is 40.4. The predicted octanol–water partition coefficient (Wildman–Crippen LogP) is 3.56. The molecule has 3 heterocycles. The van der Waals surface area contributed by atoms with Crippen LogP contribution in [0.15, 0.2) is 18.2 Å². The second-order valence-corrected chi connectivity index (χ2v) is 10.3. The standard InChI is InChI=1S/C27H36N6O2/c1-17(2)33-16-23-24(26(33)35)29-27(32-13-11-31(12-14-32)19(4)34)30-25(23)28-18(3)21-10-9-20-7-5-6-8-22(20)15-21/h9-10,15,17-18H,5-8,11-14,16H2,1-4H3,(H,28,29,30). The Kier molecular flexibility index (Phi) is 6.38. The minimum Gasteiger partial charge on any atom is -0.363 e. The number of aryl methyl sites for hydroxylation is 2. The highest BCUT2D eigenvalue weighted by molar-refractivity contribution is 5.98. The summed E-state index contributed by atoms with van der Waals surface area (Å²) in [6.45, 7) is 10.9. The number of nitrogens with one attached hydrogen (secondary N) is 1. The summed E-state index contributed by atoms with van der Waals surface area (Å²) >= 11 is 0. The number of hydrogen-bond donors (Lipinski definition) is 1. The number of hydrogen-bond acceptors (Lipinski definition) is 6. The monoisotopic (exact) mass is 476 g/mol. The first-order chi connectivity index (χ1) is 16.8. The Hall–Kier alpha value is -3.16. The molecule has 1 fully saturated rings. The van der Waals surface area contributed by atoms with E-state index in [-0.39, 0.29) is 23.9 Å². The minimum absolute atomic E-state index is 0.0366. The summed E-state index contributed by atoms with van der Waals surface area (Å²) in [6.07, 6.45) is 4.85. The third kappa shape index (κ3) is 4.58. The average Bonchev–Trinajstić information content (AvgIpc) is 3.20. The van der Waals surface area contributed by atoms with Crippen LogP contribution in [0.2, 0.25) is 0 Å². The quantitative estimate of drug-likeness (QED) is 0.711. The average molecular weight is 477 g/mol. The summed E-state index contributed by atoms with van der Waals surface area (Å²) < 4.78 is 0. The maximum absolute atomic E-state index is 13.2. The van der Waals surface area contributed by atoms with Gasteiger partial charge < -0.3 is 20.0 Å². The number of aromatic nitrogens is 2. The zero-order valence-corrected chi connectivity index (χ0v) is 21.3. The molecule has 1 aromatic heterocycles. The first-order valence-electron chi connectivity index (χ1n) is 12.9. The molecular formula is C27H36N6O2. The Balaban J connectivity index is 1.45. The summed E-state index contributed by atoms with van der Waals surface area (Å²) in [6, 6.07) is 6.96. The van der Waals surface area contributed by atoms with Crippen LogP contribution in [-0.4, -0.2) is 63.8 Å². The molecule has 5 rings (SSSR count). The largest absolute Gasteiger partial charge is 0.363 e. The number of nitrogens with zero attached hydrogens (tertiary/aromatic N) is 5. The van der Waals surface area contributed by atoms with Crippen molar-refractivity contribution < 1.29 is 9.59 Å². The second kappa shape index (κ2) is 9.47. The van der Waals surface area contributed by atoms with Crippen molar-refractivity contribution in [3.05, 3.63) is 46.1 Å². The highest BCUT2D eigenvalue weighted by Crippen LogP contribution is 2.33. The molecule has 3 aliphatic rings. The number of fused-ring (bicyclic) bond motifs is 2. The zero-order valence-electron chi connectivity index (χ0n) is 21.3. The molecule has 0 saturated carbocycles. The van der Waals surface area contributed by atoms with Gasteiger partial charge in [0.25, 0.3) is 5.91 Å². The number of anilines is 2. The van der Waals surface area contributed by atoms with Crippen LogP contribution in [0.3, 0.4) is 0 Å². The SMILES string of the molecule is CC(=O)N1CCN(c2nc(NC(C)c3ccc4c(c3)CCCC4)c3c(n2)C(=O)N(C(C)C)C3)CC1. The Morgan fingerprint density at radius 1 is 1.00 bits per heavy atom. The van der Waals surface area contributed by atoms with Gasteiger partial charge >= 0.3 is 0 Å². The normalized spacial score (nSPS) is 18.5. The van der Waals surface area contributed by atoms with Crippen molar-refractivity contribution in [1.82, 2.24) is 19.8 Å². The van der Waals surface area contributed by atoms with Gasteiger partial charge in [-0.25, -0.2) is 4.98 Å². The summed E-state index contributed by atoms with van der Waals surface area (Å²) in [5, 5.41) is 3.63. The lowest BCUT2D eigenvalue weighted by Gasteiger charge is -2.34. The molecule has 1 atom stereocenters. The van der Waals surface area contributed by atoms with Crippen LogP contribution in [0.25, 0.3) is 0 Å². The molecule has 186 valence electrons. The molecule has 8 heteroatoms. The predicted molar refractivity (Wildman–Crippen MR) is 137 cm³/mol. The van der Waals surface area contributed by atoms with E-state index in [4.69, 9.17) is 9.97 Å². The fraction of sp³-hybridized carbons (Fsp3) is 0.556. The number of benzene rings is 1. The molecule has 8 nitrogen and oxygen atoms in total. The number of piperazine rings is 1. The Morgan fingerprint density at radius 3 is 2.40 bits per heavy atom. The molecule has 35 heavy (non-hydrogen) atoms. The van der Waals surface area contributed by atoms with Crippen molar-refractivity contribution in [2.24, 2.45) is 0 Å². The third-order valence-corrected chi connectivity index (χ3v) is 7.64. The molecule has 1 aliphatic carbocycles. The van der Waals surface area contributed by atoms with Crippen LogP contribution in [0.5, 0.6) is 0 Å². The van der Waals surface area contributed by atoms with Gasteiger partial charge in [0.1, 0.15) is 11.5 Å². The second-order valence-electron chi connectivity index (χ2n) is 10.3. The molecule has 1 N–H and O–H groups in total. The van der Waals surface area contributed by atoms with Crippen molar-refractivity contribution in [2.45, 2.75) is 72.0 Å². The van der Waals surface area contributed by atoms with Gasteiger partial charge in [-0.2, -0.15) is 4.98 Å². The van der Waals surface area contributed by atoms with Gasteiger partial charge in [-0.05, 0) is 63.1 Å². The van der Waals surface area contributed by atoms with Gasteiger partial charge in [0.15, 0.2) is 0 Å². The molecule has 2 aromatic rings. The maximum Gasteiger partial charge on any atom is 0.273 e. The molecule has 1 aromatic carbocycles. The highest BCUT2D eigenvalue weighted by Gasteiger charge is 2.35. The van der Waals surface area contributed by atoms with Gasteiger partial charge in [-0.3, -0.25) is 9.59 Å². The molecule has 2 aliphatic heterocycles.